The van der Waals surface area contributed by atoms with Crippen LogP contribution >= 0.6 is 0 Å². The van der Waals surface area contributed by atoms with Crippen molar-refractivity contribution in [2.75, 3.05) is 6.79 Å². The van der Waals surface area contributed by atoms with Crippen LogP contribution in [0.5, 0.6) is 11.5 Å². The number of amides is 1. The summed E-state index contributed by atoms with van der Waals surface area (Å²) in [4.78, 5) is 11.4. The normalized spacial score (nSPS) is 25.3. The largest absolute Gasteiger partial charge is 0.454 e. The fourth-order valence-electron chi connectivity index (χ4n) is 2.74. The molecule has 4 nitrogen and oxygen atoms in total. The highest BCUT2D eigenvalue weighted by Crippen LogP contribution is 2.35. The summed E-state index contributed by atoms with van der Waals surface area (Å²) < 4.78 is 10.7. The predicted octanol–water partition coefficient (Wildman–Crippen LogP) is 2.02. The number of fused-ring (bicyclic) bond motifs is 1. The Morgan fingerprint density at radius 2 is 2.17 bits per heavy atom. The summed E-state index contributed by atoms with van der Waals surface area (Å²) in [5.74, 6) is 1.78. The van der Waals surface area contributed by atoms with Crippen LogP contribution in [0, 0.1) is 0 Å². The zero-order chi connectivity index (χ0) is 12.6. The average Bonchev–Trinajstić information content (AvgIpc) is 2.96. The van der Waals surface area contributed by atoms with Crippen molar-refractivity contribution in [3.05, 3.63) is 23.8 Å². The van der Waals surface area contributed by atoms with E-state index in [1.54, 1.807) is 0 Å². The number of hydrogen-bond acceptors (Lipinski definition) is 3. The van der Waals surface area contributed by atoms with Crippen molar-refractivity contribution in [3.63, 3.8) is 0 Å². The van der Waals surface area contributed by atoms with E-state index in [-0.39, 0.29) is 11.4 Å². The Morgan fingerprint density at radius 1 is 1.33 bits per heavy atom. The first-order valence-corrected chi connectivity index (χ1v) is 6.40. The summed E-state index contributed by atoms with van der Waals surface area (Å²) in [5, 5.41) is 3.12. The molecule has 1 fully saturated rings. The van der Waals surface area contributed by atoms with Crippen LogP contribution in [0.15, 0.2) is 18.2 Å². The average molecular weight is 247 g/mol. The zero-order valence-electron chi connectivity index (χ0n) is 10.5. The van der Waals surface area contributed by atoms with Crippen LogP contribution in [0.25, 0.3) is 0 Å². The number of hydrogen-bond donors (Lipinski definition) is 1. The Labute approximate surface area is 106 Å². The molecular weight excluding hydrogens is 230 g/mol. The van der Waals surface area contributed by atoms with Gasteiger partial charge in [-0.1, -0.05) is 13.0 Å². The van der Waals surface area contributed by atoms with Crippen LogP contribution in [0.1, 0.15) is 31.7 Å². The van der Waals surface area contributed by atoms with Gasteiger partial charge >= 0.3 is 0 Å². The Morgan fingerprint density at radius 3 is 2.89 bits per heavy atom. The quantitative estimate of drug-likeness (QED) is 0.889. The molecule has 1 unspecified atom stereocenters. The molecule has 2 aliphatic rings. The lowest BCUT2D eigenvalue weighted by Gasteiger charge is -2.27. The van der Waals surface area contributed by atoms with Crippen molar-refractivity contribution in [1.29, 1.82) is 0 Å². The molecule has 1 aromatic carbocycles. The van der Waals surface area contributed by atoms with Crippen molar-refractivity contribution >= 4 is 5.91 Å². The third-order valence-electron chi connectivity index (χ3n) is 3.89. The van der Waals surface area contributed by atoms with Crippen molar-refractivity contribution in [2.24, 2.45) is 0 Å². The molecule has 4 heteroatoms. The number of nitrogens with one attached hydrogen (secondary N) is 1. The van der Waals surface area contributed by atoms with Crippen molar-refractivity contribution < 1.29 is 14.3 Å². The van der Waals surface area contributed by atoms with Gasteiger partial charge in [-0.05, 0) is 37.0 Å². The maximum atomic E-state index is 11.4. The second-order valence-corrected chi connectivity index (χ2v) is 5.05. The Hall–Kier alpha value is -1.71. The van der Waals surface area contributed by atoms with Gasteiger partial charge in [-0.2, -0.15) is 0 Å². The number of benzene rings is 1. The monoisotopic (exact) mass is 247 g/mol. The molecule has 2 aliphatic heterocycles. The summed E-state index contributed by atoms with van der Waals surface area (Å²) in [7, 11) is 0. The van der Waals surface area contributed by atoms with Gasteiger partial charge < -0.3 is 14.8 Å². The lowest BCUT2D eigenvalue weighted by Crippen LogP contribution is -2.42. The van der Waals surface area contributed by atoms with E-state index in [0.29, 0.717) is 13.2 Å². The Balaban J connectivity index is 1.81. The summed E-state index contributed by atoms with van der Waals surface area (Å²) in [6.07, 6.45) is 3.36. The van der Waals surface area contributed by atoms with E-state index in [1.807, 2.05) is 12.1 Å². The summed E-state index contributed by atoms with van der Waals surface area (Å²) in [6.45, 7) is 2.42. The zero-order valence-corrected chi connectivity index (χ0v) is 10.5. The van der Waals surface area contributed by atoms with E-state index >= 15 is 0 Å². The van der Waals surface area contributed by atoms with Crippen LogP contribution in [0.3, 0.4) is 0 Å². The van der Waals surface area contributed by atoms with Gasteiger partial charge in [0.1, 0.15) is 0 Å². The number of rotatable bonds is 3. The maximum Gasteiger partial charge on any atom is 0.231 e. The molecule has 0 saturated carbocycles. The molecule has 0 spiro atoms. The first kappa shape index (κ1) is 11.4. The molecule has 1 atom stereocenters. The van der Waals surface area contributed by atoms with Gasteiger partial charge in [0.15, 0.2) is 11.5 Å². The maximum absolute atomic E-state index is 11.4. The smallest absolute Gasteiger partial charge is 0.231 e. The van der Waals surface area contributed by atoms with E-state index in [4.69, 9.17) is 9.47 Å². The predicted molar refractivity (Wildman–Crippen MR) is 66.7 cm³/mol. The standard InChI is InChI=1S/C14H17NO3/c1-2-14(6-5-13(16)15-14)8-10-3-4-11-12(7-10)18-9-17-11/h3-4,7H,2,5-6,8-9H2,1H3,(H,15,16). The number of carbonyl (C=O) groups excluding carboxylic acids is 1. The van der Waals surface area contributed by atoms with Crippen LogP contribution in [-0.2, 0) is 11.2 Å². The molecule has 1 saturated heterocycles. The highest BCUT2D eigenvalue weighted by Gasteiger charge is 2.36. The third-order valence-corrected chi connectivity index (χ3v) is 3.89. The molecule has 0 aliphatic carbocycles. The van der Waals surface area contributed by atoms with Crippen LogP contribution in [0.2, 0.25) is 0 Å². The molecular formula is C14H17NO3. The molecule has 0 radical (unpaired) electrons. The fourth-order valence-corrected chi connectivity index (χ4v) is 2.74. The summed E-state index contributed by atoms with van der Waals surface area (Å²) in [5.41, 5.74) is 1.11. The van der Waals surface area contributed by atoms with Gasteiger partial charge in [0, 0.05) is 12.0 Å². The van der Waals surface area contributed by atoms with Crippen molar-refractivity contribution in [1.82, 2.24) is 5.32 Å². The van der Waals surface area contributed by atoms with E-state index in [9.17, 15) is 4.79 Å². The number of ether oxygens (including phenoxy) is 2. The van der Waals surface area contributed by atoms with Crippen LogP contribution in [0.4, 0.5) is 0 Å². The minimum Gasteiger partial charge on any atom is -0.454 e. The lowest BCUT2D eigenvalue weighted by molar-refractivity contribution is -0.119. The minimum atomic E-state index is -0.0786. The van der Waals surface area contributed by atoms with Crippen LogP contribution in [-0.4, -0.2) is 18.2 Å². The Kier molecular flexibility index (Phi) is 2.65. The first-order chi connectivity index (χ1) is 8.71. The molecule has 3 rings (SSSR count). The molecule has 0 bridgehead atoms. The van der Waals surface area contributed by atoms with Crippen molar-refractivity contribution in [2.45, 2.75) is 38.1 Å². The van der Waals surface area contributed by atoms with Gasteiger partial charge in [-0.25, -0.2) is 0 Å². The molecule has 2 heterocycles. The van der Waals surface area contributed by atoms with E-state index in [0.717, 1.165) is 30.8 Å². The van der Waals surface area contributed by atoms with E-state index < -0.39 is 0 Å². The number of carbonyl (C=O) groups is 1. The van der Waals surface area contributed by atoms with Gasteiger partial charge in [-0.3, -0.25) is 4.79 Å². The van der Waals surface area contributed by atoms with Crippen LogP contribution < -0.4 is 14.8 Å². The molecule has 18 heavy (non-hydrogen) atoms. The third kappa shape index (κ3) is 1.92. The molecule has 1 aromatic rings. The highest BCUT2D eigenvalue weighted by molar-refractivity contribution is 5.79. The molecule has 0 aromatic heterocycles. The highest BCUT2D eigenvalue weighted by atomic mass is 16.7. The molecule has 1 amide bonds. The van der Waals surface area contributed by atoms with Gasteiger partial charge in [0.25, 0.3) is 0 Å². The fraction of sp³-hybridized carbons (Fsp3) is 0.500. The first-order valence-electron chi connectivity index (χ1n) is 6.40. The van der Waals surface area contributed by atoms with Gasteiger partial charge in [0.05, 0.1) is 0 Å². The summed E-state index contributed by atoms with van der Waals surface area (Å²) >= 11 is 0. The molecule has 96 valence electrons. The van der Waals surface area contributed by atoms with Gasteiger partial charge in [0.2, 0.25) is 12.7 Å². The Bertz CT molecular complexity index is 486. The van der Waals surface area contributed by atoms with Crippen molar-refractivity contribution in [3.8, 4) is 11.5 Å². The van der Waals surface area contributed by atoms with E-state index in [2.05, 4.69) is 18.3 Å². The lowest BCUT2D eigenvalue weighted by atomic mass is 9.87. The second-order valence-electron chi connectivity index (χ2n) is 5.05. The topological polar surface area (TPSA) is 47.6 Å². The van der Waals surface area contributed by atoms with E-state index in [1.165, 1.54) is 5.56 Å². The van der Waals surface area contributed by atoms with Gasteiger partial charge in [-0.15, -0.1) is 0 Å². The SMILES string of the molecule is CCC1(Cc2ccc3c(c2)OCO3)CCC(=O)N1. The summed E-state index contributed by atoms with van der Waals surface area (Å²) in [6, 6.07) is 6.01. The minimum absolute atomic E-state index is 0.0786. The molecule has 1 N–H and O–H groups in total. The second kappa shape index (κ2) is 4.19.